The van der Waals surface area contributed by atoms with Crippen molar-refractivity contribution in [3.05, 3.63) is 53.0 Å². The Morgan fingerprint density at radius 3 is 2.33 bits per heavy atom. The number of carbonyl (C=O) groups excluding carboxylic acids is 2. The maximum Gasteiger partial charge on any atom is 0.251 e. The number of rotatable bonds is 5. The maximum atomic E-state index is 12.2. The molecule has 1 heterocycles. The summed E-state index contributed by atoms with van der Waals surface area (Å²) in [6, 6.07) is 8.30. The summed E-state index contributed by atoms with van der Waals surface area (Å²) in [6.45, 7) is 6.69. The molecule has 2 aromatic rings. The molecule has 0 bridgehead atoms. The van der Waals surface area contributed by atoms with Crippen LogP contribution in [0.15, 0.2) is 34.7 Å². The van der Waals surface area contributed by atoms with E-state index >= 15 is 0 Å². The van der Waals surface area contributed by atoms with E-state index in [9.17, 15) is 14.7 Å². The van der Waals surface area contributed by atoms with Gasteiger partial charge in [-0.2, -0.15) is 0 Å². The summed E-state index contributed by atoms with van der Waals surface area (Å²) in [4.78, 5) is 23.2. The number of aryl methyl sites for hydroxylation is 2. The highest BCUT2D eigenvalue weighted by Crippen LogP contribution is 2.26. The maximum absolute atomic E-state index is 12.2. The molecule has 0 spiro atoms. The van der Waals surface area contributed by atoms with Gasteiger partial charge in [0, 0.05) is 23.7 Å². The Morgan fingerprint density at radius 2 is 1.83 bits per heavy atom. The largest absolute Gasteiger partial charge is 0.466 e. The minimum absolute atomic E-state index is 0.0547. The number of carbonyl (C=O) groups is 2. The molecule has 24 heavy (non-hydrogen) atoms. The summed E-state index contributed by atoms with van der Waals surface area (Å²) in [5.74, 6) is 0.866. The van der Waals surface area contributed by atoms with Gasteiger partial charge in [-0.1, -0.05) is 0 Å². The van der Waals surface area contributed by atoms with Crippen LogP contribution in [0.2, 0.25) is 0 Å². The van der Waals surface area contributed by atoms with Crippen LogP contribution in [0.3, 0.4) is 0 Å². The SMILES string of the molecule is CC(=O)Nc1ccc(C(=O)NCC(C)(O)c2cc(C)oc2C)cc1. The van der Waals surface area contributed by atoms with Crippen LogP contribution in [-0.4, -0.2) is 23.5 Å². The fraction of sp³-hybridized carbons (Fsp3) is 0.333. The van der Waals surface area contributed by atoms with Crippen LogP contribution in [0.5, 0.6) is 0 Å². The first-order valence-corrected chi connectivity index (χ1v) is 7.65. The molecular weight excluding hydrogens is 308 g/mol. The molecule has 128 valence electrons. The number of hydrogen-bond donors (Lipinski definition) is 3. The van der Waals surface area contributed by atoms with E-state index in [-0.39, 0.29) is 18.4 Å². The number of benzene rings is 1. The van der Waals surface area contributed by atoms with Crippen LogP contribution >= 0.6 is 0 Å². The van der Waals surface area contributed by atoms with Crippen molar-refractivity contribution < 1.29 is 19.1 Å². The lowest BCUT2D eigenvalue weighted by Crippen LogP contribution is -2.38. The summed E-state index contributed by atoms with van der Waals surface area (Å²) in [5, 5.41) is 15.9. The Hall–Kier alpha value is -2.60. The molecule has 1 aromatic heterocycles. The molecule has 6 nitrogen and oxygen atoms in total. The van der Waals surface area contributed by atoms with E-state index in [2.05, 4.69) is 10.6 Å². The predicted molar refractivity (Wildman–Crippen MR) is 90.8 cm³/mol. The predicted octanol–water partition coefficient (Wildman–Crippen LogP) is 2.49. The van der Waals surface area contributed by atoms with Gasteiger partial charge < -0.3 is 20.2 Å². The molecule has 1 unspecified atom stereocenters. The minimum atomic E-state index is -1.23. The molecule has 2 amide bonds. The second-order valence-corrected chi connectivity index (χ2v) is 6.04. The van der Waals surface area contributed by atoms with Crippen molar-refractivity contribution in [2.45, 2.75) is 33.3 Å². The van der Waals surface area contributed by atoms with Gasteiger partial charge in [-0.05, 0) is 51.1 Å². The molecular formula is C18H22N2O4. The Bertz CT molecular complexity index is 745. The first-order chi connectivity index (χ1) is 11.2. The van der Waals surface area contributed by atoms with E-state index in [0.717, 1.165) is 0 Å². The summed E-state index contributed by atoms with van der Waals surface area (Å²) < 4.78 is 5.43. The van der Waals surface area contributed by atoms with E-state index in [1.807, 2.05) is 6.92 Å². The zero-order valence-electron chi connectivity index (χ0n) is 14.3. The third-order valence-electron chi connectivity index (χ3n) is 3.68. The molecule has 0 aliphatic rings. The third kappa shape index (κ3) is 4.23. The molecule has 3 N–H and O–H groups in total. The van der Waals surface area contributed by atoms with E-state index in [1.165, 1.54) is 6.92 Å². The molecule has 0 saturated carbocycles. The van der Waals surface area contributed by atoms with Gasteiger partial charge in [-0.15, -0.1) is 0 Å². The van der Waals surface area contributed by atoms with Crippen LogP contribution in [0.1, 0.15) is 41.3 Å². The number of amides is 2. The Balaban J connectivity index is 2.02. The molecule has 0 aliphatic heterocycles. The lowest BCUT2D eigenvalue weighted by molar-refractivity contribution is -0.114. The molecule has 0 fully saturated rings. The second-order valence-electron chi connectivity index (χ2n) is 6.04. The van der Waals surface area contributed by atoms with Crippen LogP contribution in [0, 0.1) is 13.8 Å². The van der Waals surface area contributed by atoms with Crippen molar-refractivity contribution in [1.29, 1.82) is 0 Å². The topological polar surface area (TPSA) is 91.6 Å². The summed E-state index contributed by atoms with van der Waals surface area (Å²) in [7, 11) is 0. The van der Waals surface area contributed by atoms with Crippen LogP contribution in [-0.2, 0) is 10.4 Å². The highest BCUT2D eigenvalue weighted by molar-refractivity contribution is 5.95. The molecule has 0 radical (unpaired) electrons. The van der Waals surface area contributed by atoms with Crippen LogP contribution in [0.25, 0.3) is 0 Å². The summed E-state index contributed by atoms with van der Waals surface area (Å²) in [5.41, 5.74) is 0.491. The molecule has 0 aliphatic carbocycles. The van der Waals surface area contributed by atoms with Crippen molar-refractivity contribution in [1.82, 2.24) is 5.32 Å². The Morgan fingerprint density at radius 1 is 1.21 bits per heavy atom. The van der Waals surface area contributed by atoms with E-state index < -0.39 is 5.60 Å². The Kier molecular flexibility index (Phi) is 5.09. The fourth-order valence-corrected chi connectivity index (χ4v) is 2.52. The van der Waals surface area contributed by atoms with E-state index in [0.29, 0.717) is 28.3 Å². The minimum Gasteiger partial charge on any atom is -0.466 e. The average Bonchev–Trinajstić information content (AvgIpc) is 2.84. The van der Waals surface area contributed by atoms with Crippen molar-refractivity contribution >= 4 is 17.5 Å². The molecule has 6 heteroatoms. The second kappa shape index (κ2) is 6.88. The lowest BCUT2D eigenvalue weighted by atomic mass is 9.96. The summed E-state index contributed by atoms with van der Waals surface area (Å²) in [6.07, 6.45) is 0. The van der Waals surface area contributed by atoms with Crippen molar-refractivity contribution in [2.75, 3.05) is 11.9 Å². The first kappa shape index (κ1) is 17.7. The van der Waals surface area contributed by atoms with Gasteiger partial charge in [-0.3, -0.25) is 9.59 Å². The number of anilines is 1. The third-order valence-corrected chi connectivity index (χ3v) is 3.68. The molecule has 0 saturated heterocycles. The normalized spacial score (nSPS) is 13.2. The Labute approximate surface area is 140 Å². The monoisotopic (exact) mass is 330 g/mol. The molecule has 1 atom stereocenters. The molecule has 2 rings (SSSR count). The highest BCUT2D eigenvalue weighted by atomic mass is 16.3. The van der Waals surface area contributed by atoms with Gasteiger partial charge >= 0.3 is 0 Å². The first-order valence-electron chi connectivity index (χ1n) is 7.65. The number of furan rings is 1. The number of aliphatic hydroxyl groups is 1. The highest BCUT2D eigenvalue weighted by Gasteiger charge is 2.28. The standard InChI is InChI=1S/C18H22N2O4/c1-11-9-16(12(2)24-11)18(4,23)10-19-17(22)14-5-7-15(8-6-14)20-13(3)21/h5-9,23H,10H2,1-4H3,(H,19,22)(H,20,21). The van der Waals surface area contributed by atoms with Gasteiger partial charge in [-0.25, -0.2) is 0 Å². The fourth-order valence-electron chi connectivity index (χ4n) is 2.52. The van der Waals surface area contributed by atoms with Crippen LogP contribution < -0.4 is 10.6 Å². The van der Waals surface area contributed by atoms with Crippen molar-refractivity contribution in [3.8, 4) is 0 Å². The van der Waals surface area contributed by atoms with Gasteiger partial charge in [0.25, 0.3) is 5.91 Å². The number of nitrogens with one attached hydrogen (secondary N) is 2. The average molecular weight is 330 g/mol. The van der Waals surface area contributed by atoms with Crippen molar-refractivity contribution in [3.63, 3.8) is 0 Å². The zero-order valence-corrected chi connectivity index (χ0v) is 14.3. The lowest BCUT2D eigenvalue weighted by Gasteiger charge is -2.23. The van der Waals surface area contributed by atoms with E-state index in [1.54, 1.807) is 44.2 Å². The van der Waals surface area contributed by atoms with Crippen molar-refractivity contribution in [2.24, 2.45) is 0 Å². The van der Waals surface area contributed by atoms with Gasteiger partial charge in [0.2, 0.25) is 5.91 Å². The number of hydrogen-bond acceptors (Lipinski definition) is 4. The van der Waals surface area contributed by atoms with Gasteiger partial charge in [0.05, 0.1) is 6.54 Å². The van der Waals surface area contributed by atoms with Crippen LogP contribution in [0.4, 0.5) is 5.69 Å². The van der Waals surface area contributed by atoms with E-state index in [4.69, 9.17) is 4.42 Å². The van der Waals surface area contributed by atoms with Gasteiger partial charge in [0.15, 0.2) is 0 Å². The summed E-state index contributed by atoms with van der Waals surface area (Å²) >= 11 is 0. The smallest absolute Gasteiger partial charge is 0.251 e. The van der Waals surface area contributed by atoms with Gasteiger partial charge in [0.1, 0.15) is 17.1 Å². The molecule has 1 aromatic carbocycles. The zero-order chi connectivity index (χ0) is 17.9. The quantitative estimate of drug-likeness (QED) is 0.785.